The molecule has 102 valence electrons. The van der Waals surface area contributed by atoms with E-state index in [1.165, 1.54) is 19.2 Å². The number of amides is 1. The fourth-order valence-electron chi connectivity index (χ4n) is 1.54. The Morgan fingerprint density at radius 2 is 2.10 bits per heavy atom. The number of nitrogens with zero attached hydrogens (tertiary/aromatic N) is 2. The monoisotopic (exact) mass is 275 g/mol. The number of nitrogens with one attached hydrogen (secondary N) is 1. The van der Waals surface area contributed by atoms with Crippen molar-refractivity contribution in [2.24, 2.45) is 5.10 Å². The third-order valence-electron chi connectivity index (χ3n) is 2.57. The zero-order valence-electron chi connectivity index (χ0n) is 10.6. The smallest absolute Gasteiger partial charge is 0.267 e. The lowest BCUT2D eigenvalue weighted by Gasteiger charge is -2.04. The molecule has 0 fully saturated rings. The number of hydrazone groups is 1. The van der Waals surface area contributed by atoms with Gasteiger partial charge in [-0.3, -0.25) is 9.78 Å². The van der Waals surface area contributed by atoms with Gasteiger partial charge in [-0.05, 0) is 31.2 Å². The van der Waals surface area contributed by atoms with Crippen LogP contribution < -0.4 is 5.43 Å². The molecule has 0 aliphatic carbocycles. The number of hydrogen-bond donors (Lipinski definition) is 1. The summed E-state index contributed by atoms with van der Waals surface area (Å²) < 4.78 is 26.3. The van der Waals surface area contributed by atoms with Crippen LogP contribution >= 0.6 is 0 Å². The van der Waals surface area contributed by atoms with Gasteiger partial charge in [-0.15, -0.1) is 0 Å². The van der Waals surface area contributed by atoms with Crippen LogP contribution in [0.15, 0.2) is 47.8 Å². The molecule has 1 amide bonds. The minimum absolute atomic E-state index is 0.123. The maximum absolute atomic E-state index is 13.5. The summed E-state index contributed by atoms with van der Waals surface area (Å²) in [6.45, 7) is 1.51. The molecule has 0 spiro atoms. The van der Waals surface area contributed by atoms with Crippen molar-refractivity contribution in [3.8, 4) is 0 Å². The number of carbonyl (C=O) groups is 1. The number of pyridine rings is 1. The van der Waals surface area contributed by atoms with Gasteiger partial charge in [-0.1, -0.05) is 0 Å². The predicted molar refractivity (Wildman–Crippen MR) is 70.3 cm³/mol. The van der Waals surface area contributed by atoms with Crippen molar-refractivity contribution in [3.05, 3.63) is 65.5 Å². The van der Waals surface area contributed by atoms with Gasteiger partial charge in [0, 0.05) is 24.0 Å². The molecule has 0 unspecified atom stereocenters. The maximum Gasteiger partial charge on any atom is 0.272 e. The third-order valence-corrected chi connectivity index (χ3v) is 2.57. The van der Waals surface area contributed by atoms with Gasteiger partial charge in [0.2, 0.25) is 0 Å². The number of rotatable bonds is 3. The molecule has 0 saturated carbocycles. The SMILES string of the molecule is CC(=NNC(=O)c1cccnc1)c1ccc(F)cc1F. The van der Waals surface area contributed by atoms with E-state index >= 15 is 0 Å². The molecule has 0 atom stereocenters. The van der Waals surface area contributed by atoms with Crippen LogP contribution in [0.2, 0.25) is 0 Å². The first-order valence-corrected chi connectivity index (χ1v) is 5.78. The number of hydrogen-bond acceptors (Lipinski definition) is 3. The van der Waals surface area contributed by atoms with E-state index in [0.29, 0.717) is 5.56 Å². The van der Waals surface area contributed by atoms with Gasteiger partial charge in [-0.2, -0.15) is 5.10 Å². The van der Waals surface area contributed by atoms with E-state index in [4.69, 9.17) is 0 Å². The highest BCUT2D eigenvalue weighted by molar-refractivity contribution is 6.00. The summed E-state index contributed by atoms with van der Waals surface area (Å²) in [5.74, 6) is -1.86. The zero-order chi connectivity index (χ0) is 14.5. The van der Waals surface area contributed by atoms with E-state index in [2.05, 4.69) is 15.5 Å². The Morgan fingerprint density at radius 3 is 2.75 bits per heavy atom. The van der Waals surface area contributed by atoms with E-state index in [9.17, 15) is 13.6 Å². The minimum atomic E-state index is -0.734. The van der Waals surface area contributed by atoms with Crippen LogP contribution in [0.1, 0.15) is 22.8 Å². The van der Waals surface area contributed by atoms with Crippen LogP contribution in [0, 0.1) is 11.6 Å². The first kappa shape index (κ1) is 13.8. The maximum atomic E-state index is 13.5. The Balaban J connectivity index is 2.13. The molecule has 0 saturated heterocycles. The Morgan fingerprint density at radius 1 is 1.30 bits per heavy atom. The molecule has 6 heteroatoms. The predicted octanol–water partition coefficient (Wildman–Crippen LogP) is 2.51. The van der Waals surface area contributed by atoms with Crippen LogP contribution in [-0.2, 0) is 0 Å². The van der Waals surface area contributed by atoms with E-state index in [1.807, 2.05) is 0 Å². The second-order valence-corrected chi connectivity index (χ2v) is 4.00. The quantitative estimate of drug-likeness (QED) is 0.691. The highest BCUT2D eigenvalue weighted by Crippen LogP contribution is 2.10. The van der Waals surface area contributed by atoms with Gasteiger partial charge in [0.25, 0.3) is 5.91 Å². The second-order valence-electron chi connectivity index (χ2n) is 4.00. The van der Waals surface area contributed by atoms with E-state index in [1.54, 1.807) is 18.3 Å². The summed E-state index contributed by atoms with van der Waals surface area (Å²) in [6, 6.07) is 6.34. The summed E-state index contributed by atoms with van der Waals surface area (Å²) in [7, 11) is 0. The molecule has 20 heavy (non-hydrogen) atoms. The summed E-state index contributed by atoms with van der Waals surface area (Å²) >= 11 is 0. The van der Waals surface area contributed by atoms with Crippen LogP contribution in [0.4, 0.5) is 8.78 Å². The molecule has 4 nitrogen and oxygen atoms in total. The molecule has 1 heterocycles. The highest BCUT2D eigenvalue weighted by atomic mass is 19.1. The summed E-state index contributed by atoms with van der Waals surface area (Å²) in [5, 5.41) is 3.79. The Labute approximate surface area is 114 Å². The van der Waals surface area contributed by atoms with Crippen LogP contribution in [0.5, 0.6) is 0 Å². The molecular weight excluding hydrogens is 264 g/mol. The van der Waals surface area contributed by atoms with Gasteiger partial charge in [0.15, 0.2) is 0 Å². The first-order chi connectivity index (χ1) is 9.58. The van der Waals surface area contributed by atoms with Crippen LogP contribution in [-0.4, -0.2) is 16.6 Å². The Bertz CT molecular complexity index is 657. The van der Waals surface area contributed by atoms with Gasteiger partial charge < -0.3 is 0 Å². The molecule has 0 aliphatic rings. The van der Waals surface area contributed by atoms with E-state index in [-0.39, 0.29) is 11.3 Å². The van der Waals surface area contributed by atoms with Crippen LogP contribution in [0.25, 0.3) is 0 Å². The van der Waals surface area contributed by atoms with Crippen LogP contribution in [0.3, 0.4) is 0 Å². The molecule has 0 bridgehead atoms. The molecule has 0 aliphatic heterocycles. The highest BCUT2D eigenvalue weighted by Gasteiger charge is 2.08. The molecule has 2 rings (SSSR count). The fraction of sp³-hybridized carbons (Fsp3) is 0.0714. The number of aromatic nitrogens is 1. The normalized spacial score (nSPS) is 11.2. The lowest BCUT2D eigenvalue weighted by Crippen LogP contribution is -2.19. The average molecular weight is 275 g/mol. The van der Waals surface area contributed by atoms with Gasteiger partial charge in [-0.25, -0.2) is 14.2 Å². The number of benzene rings is 1. The number of carbonyl (C=O) groups excluding carboxylic acids is 1. The fourth-order valence-corrected chi connectivity index (χ4v) is 1.54. The van der Waals surface area contributed by atoms with Crippen molar-refractivity contribution in [2.45, 2.75) is 6.92 Å². The van der Waals surface area contributed by atoms with Gasteiger partial charge in [0.05, 0.1) is 11.3 Å². The van der Waals surface area contributed by atoms with E-state index < -0.39 is 17.5 Å². The average Bonchev–Trinajstić information content (AvgIpc) is 2.45. The summed E-state index contributed by atoms with van der Waals surface area (Å²) in [4.78, 5) is 15.5. The van der Waals surface area contributed by atoms with Gasteiger partial charge >= 0.3 is 0 Å². The van der Waals surface area contributed by atoms with Crippen molar-refractivity contribution >= 4 is 11.6 Å². The lowest BCUT2D eigenvalue weighted by molar-refractivity contribution is 0.0954. The molecule has 1 aromatic carbocycles. The van der Waals surface area contributed by atoms with Crippen molar-refractivity contribution in [1.29, 1.82) is 0 Å². The van der Waals surface area contributed by atoms with Crippen molar-refractivity contribution in [1.82, 2.24) is 10.4 Å². The van der Waals surface area contributed by atoms with Crippen molar-refractivity contribution in [2.75, 3.05) is 0 Å². The summed E-state index contributed by atoms with van der Waals surface area (Å²) in [6.07, 6.45) is 2.93. The second kappa shape index (κ2) is 6.01. The largest absolute Gasteiger partial charge is 0.272 e. The number of halogens is 2. The van der Waals surface area contributed by atoms with Crippen molar-refractivity contribution < 1.29 is 13.6 Å². The lowest BCUT2D eigenvalue weighted by atomic mass is 10.1. The first-order valence-electron chi connectivity index (χ1n) is 5.78. The molecule has 1 aromatic heterocycles. The Hall–Kier alpha value is -2.63. The molecular formula is C14H11F2N3O. The zero-order valence-corrected chi connectivity index (χ0v) is 10.6. The third kappa shape index (κ3) is 3.23. The topological polar surface area (TPSA) is 54.4 Å². The molecule has 0 radical (unpaired) electrons. The molecule has 1 N–H and O–H groups in total. The molecule has 2 aromatic rings. The van der Waals surface area contributed by atoms with Gasteiger partial charge in [0.1, 0.15) is 11.6 Å². The Kier molecular flexibility index (Phi) is 4.14. The van der Waals surface area contributed by atoms with E-state index in [0.717, 1.165) is 12.1 Å². The minimum Gasteiger partial charge on any atom is -0.267 e. The summed E-state index contributed by atoms with van der Waals surface area (Å²) in [5.41, 5.74) is 2.98. The standard InChI is InChI=1S/C14H11F2N3O/c1-9(12-5-4-11(15)7-13(12)16)18-19-14(20)10-3-2-6-17-8-10/h2-8H,1H3,(H,19,20). The van der Waals surface area contributed by atoms with Crippen molar-refractivity contribution in [3.63, 3.8) is 0 Å².